The number of carbonyl (C=O) groups is 2. The molecule has 2 aromatic carbocycles. The van der Waals surface area contributed by atoms with Crippen molar-refractivity contribution < 1.29 is 18.7 Å². The van der Waals surface area contributed by atoms with Crippen molar-refractivity contribution in [2.24, 2.45) is 0 Å². The molecule has 3 aromatic rings. The molecule has 0 bridgehead atoms. The van der Waals surface area contributed by atoms with E-state index in [0.29, 0.717) is 24.3 Å². The van der Waals surface area contributed by atoms with Gasteiger partial charge in [-0.1, -0.05) is 24.3 Å². The third-order valence-corrected chi connectivity index (χ3v) is 4.39. The fourth-order valence-electron chi connectivity index (χ4n) is 3.07. The van der Waals surface area contributed by atoms with Crippen LogP contribution >= 0.6 is 0 Å². The summed E-state index contributed by atoms with van der Waals surface area (Å²) in [6.07, 6.45) is 2.14. The van der Waals surface area contributed by atoms with Crippen LogP contribution in [0.15, 0.2) is 71.3 Å². The second-order valence-electron chi connectivity index (χ2n) is 6.21. The van der Waals surface area contributed by atoms with Gasteiger partial charge in [0.1, 0.15) is 5.75 Å². The SMILES string of the molecule is O=C(N[C@@H]1CCOc2ccccc21)c1cccc(NC(=O)c2ccco2)c1. The zero-order valence-corrected chi connectivity index (χ0v) is 14.5. The van der Waals surface area contributed by atoms with Crippen LogP contribution in [0.5, 0.6) is 5.75 Å². The molecule has 0 unspecified atom stereocenters. The van der Waals surface area contributed by atoms with Gasteiger partial charge in [0, 0.05) is 23.2 Å². The van der Waals surface area contributed by atoms with Crippen LogP contribution in [0.4, 0.5) is 5.69 Å². The first-order valence-electron chi connectivity index (χ1n) is 8.68. The topological polar surface area (TPSA) is 80.6 Å². The predicted molar refractivity (Wildman–Crippen MR) is 99.9 cm³/mol. The van der Waals surface area contributed by atoms with Crippen molar-refractivity contribution in [1.82, 2.24) is 5.32 Å². The van der Waals surface area contributed by atoms with Crippen molar-refractivity contribution in [2.45, 2.75) is 12.5 Å². The normalized spacial score (nSPS) is 15.3. The average Bonchev–Trinajstić information content (AvgIpc) is 3.23. The first kappa shape index (κ1) is 16.9. The Hall–Kier alpha value is -3.54. The number of para-hydroxylation sites is 1. The highest BCUT2D eigenvalue weighted by atomic mass is 16.5. The number of ether oxygens (including phenoxy) is 1. The lowest BCUT2D eigenvalue weighted by Crippen LogP contribution is -2.32. The Labute approximate surface area is 156 Å². The maximum atomic E-state index is 12.7. The summed E-state index contributed by atoms with van der Waals surface area (Å²) in [4.78, 5) is 24.8. The van der Waals surface area contributed by atoms with Crippen LogP contribution < -0.4 is 15.4 Å². The zero-order chi connectivity index (χ0) is 18.6. The van der Waals surface area contributed by atoms with E-state index in [4.69, 9.17) is 9.15 Å². The maximum absolute atomic E-state index is 12.7. The van der Waals surface area contributed by atoms with Crippen molar-refractivity contribution >= 4 is 17.5 Å². The lowest BCUT2D eigenvalue weighted by molar-refractivity contribution is 0.0923. The predicted octanol–water partition coefficient (Wildman–Crippen LogP) is 3.79. The highest BCUT2D eigenvalue weighted by Crippen LogP contribution is 2.31. The van der Waals surface area contributed by atoms with Crippen LogP contribution in [-0.4, -0.2) is 18.4 Å². The van der Waals surface area contributed by atoms with E-state index in [0.717, 1.165) is 11.3 Å². The van der Waals surface area contributed by atoms with Gasteiger partial charge in [0.2, 0.25) is 0 Å². The molecule has 6 nitrogen and oxygen atoms in total. The summed E-state index contributed by atoms with van der Waals surface area (Å²) < 4.78 is 10.7. The minimum absolute atomic E-state index is 0.108. The number of rotatable bonds is 4. The number of hydrogen-bond acceptors (Lipinski definition) is 4. The van der Waals surface area contributed by atoms with Crippen LogP contribution in [0, 0.1) is 0 Å². The fourth-order valence-corrected chi connectivity index (χ4v) is 3.07. The van der Waals surface area contributed by atoms with E-state index in [1.807, 2.05) is 24.3 Å². The van der Waals surface area contributed by atoms with Gasteiger partial charge in [-0.25, -0.2) is 0 Å². The largest absolute Gasteiger partial charge is 0.493 e. The van der Waals surface area contributed by atoms with Crippen molar-refractivity contribution in [3.63, 3.8) is 0 Å². The standard InChI is InChI=1S/C21H18N2O4/c24-20(23-17-10-12-27-18-8-2-1-7-16(17)18)14-5-3-6-15(13-14)22-21(25)19-9-4-11-26-19/h1-9,11,13,17H,10,12H2,(H,22,25)(H,23,24)/t17-/m1/s1. The third-order valence-electron chi connectivity index (χ3n) is 4.39. The average molecular weight is 362 g/mol. The van der Waals surface area contributed by atoms with Gasteiger partial charge in [-0.05, 0) is 36.4 Å². The van der Waals surface area contributed by atoms with Crippen molar-refractivity contribution in [3.8, 4) is 5.75 Å². The Kier molecular flexibility index (Phi) is 4.61. The van der Waals surface area contributed by atoms with E-state index in [-0.39, 0.29) is 23.6 Å². The molecule has 0 saturated carbocycles. The van der Waals surface area contributed by atoms with Crippen molar-refractivity contribution in [3.05, 3.63) is 83.8 Å². The van der Waals surface area contributed by atoms with E-state index < -0.39 is 0 Å². The molecule has 0 spiro atoms. The zero-order valence-electron chi connectivity index (χ0n) is 14.5. The molecule has 2 N–H and O–H groups in total. The molecule has 2 amide bonds. The minimum Gasteiger partial charge on any atom is -0.493 e. The van der Waals surface area contributed by atoms with Crippen LogP contribution in [0.2, 0.25) is 0 Å². The maximum Gasteiger partial charge on any atom is 0.291 e. The lowest BCUT2D eigenvalue weighted by atomic mass is 10.00. The lowest BCUT2D eigenvalue weighted by Gasteiger charge is -2.26. The van der Waals surface area contributed by atoms with E-state index in [1.165, 1.54) is 6.26 Å². The summed E-state index contributed by atoms with van der Waals surface area (Å²) >= 11 is 0. The van der Waals surface area contributed by atoms with E-state index in [9.17, 15) is 9.59 Å². The Morgan fingerprint density at radius 2 is 1.85 bits per heavy atom. The van der Waals surface area contributed by atoms with Crippen molar-refractivity contribution in [2.75, 3.05) is 11.9 Å². The van der Waals surface area contributed by atoms with Gasteiger partial charge in [0.25, 0.3) is 11.8 Å². The second kappa shape index (κ2) is 7.37. The van der Waals surface area contributed by atoms with Gasteiger partial charge < -0.3 is 19.8 Å². The summed E-state index contributed by atoms with van der Waals surface area (Å²) in [5, 5.41) is 5.78. The summed E-state index contributed by atoms with van der Waals surface area (Å²) in [6.45, 7) is 0.557. The highest BCUT2D eigenvalue weighted by molar-refractivity contribution is 6.03. The molecule has 27 heavy (non-hydrogen) atoms. The number of benzene rings is 2. The van der Waals surface area contributed by atoms with E-state index >= 15 is 0 Å². The smallest absolute Gasteiger partial charge is 0.291 e. The number of nitrogens with one attached hydrogen (secondary N) is 2. The number of fused-ring (bicyclic) bond motifs is 1. The third kappa shape index (κ3) is 3.69. The first-order valence-corrected chi connectivity index (χ1v) is 8.68. The summed E-state index contributed by atoms with van der Waals surface area (Å²) in [6, 6.07) is 17.6. The second-order valence-corrected chi connectivity index (χ2v) is 6.21. The quantitative estimate of drug-likeness (QED) is 0.740. The first-order chi connectivity index (χ1) is 13.2. The molecule has 6 heteroatoms. The Balaban J connectivity index is 1.48. The Morgan fingerprint density at radius 1 is 0.963 bits per heavy atom. The molecule has 1 atom stereocenters. The van der Waals surface area contributed by atoms with Gasteiger partial charge in [-0.3, -0.25) is 9.59 Å². The molecule has 0 saturated heterocycles. The van der Waals surface area contributed by atoms with Gasteiger partial charge in [0.05, 0.1) is 18.9 Å². The summed E-state index contributed by atoms with van der Waals surface area (Å²) in [5.74, 6) is 0.443. The highest BCUT2D eigenvalue weighted by Gasteiger charge is 2.23. The van der Waals surface area contributed by atoms with Gasteiger partial charge >= 0.3 is 0 Å². The molecule has 2 heterocycles. The Morgan fingerprint density at radius 3 is 2.70 bits per heavy atom. The van der Waals surface area contributed by atoms with E-state index in [2.05, 4.69) is 10.6 Å². The molecule has 136 valence electrons. The van der Waals surface area contributed by atoms with Crippen LogP contribution in [0.3, 0.4) is 0 Å². The minimum atomic E-state index is -0.365. The number of amides is 2. The molecule has 0 aliphatic carbocycles. The van der Waals surface area contributed by atoms with E-state index in [1.54, 1.807) is 36.4 Å². The molecule has 1 aliphatic heterocycles. The number of furan rings is 1. The molecule has 0 fully saturated rings. The van der Waals surface area contributed by atoms with Gasteiger partial charge in [-0.2, -0.15) is 0 Å². The van der Waals surface area contributed by atoms with Crippen LogP contribution in [0.1, 0.15) is 38.9 Å². The summed E-state index contributed by atoms with van der Waals surface area (Å²) in [7, 11) is 0. The summed E-state index contributed by atoms with van der Waals surface area (Å²) in [5.41, 5.74) is 1.96. The van der Waals surface area contributed by atoms with Crippen molar-refractivity contribution in [1.29, 1.82) is 0 Å². The fraction of sp³-hybridized carbons (Fsp3) is 0.143. The molecule has 1 aliphatic rings. The number of hydrogen-bond donors (Lipinski definition) is 2. The number of anilines is 1. The molecular formula is C21H18N2O4. The molecular weight excluding hydrogens is 344 g/mol. The van der Waals surface area contributed by atoms with Crippen LogP contribution in [-0.2, 0) is 0 Å². The van der Waals surface area contributed by atoms with Gasteiger partial charge in [0.15, 0.2) is 5.76 Å². The molecule has 4 rings (SSSR count). The Bertz CT molecular complexity index is 966. The number of carbonyl (C=O) groups excluding carboxylic acids is 2. The molecule has 0 radical (unpaired) electrons. The molecule has 1 aromatic heterocycles. The van der Waals surface area contributed by atoms with Crippen LogP contribution in [0.25, 0.3) is 0 Å². The monoisotopic (exact) mass is 362 g/mol. The van der Waals surface area contributed by atoms with Gasteiger partial charge in [-0.15, -0.1) is 0 Å².